The van der Waals surface area contributed by atoms with E-state index in [1.54, 1.807) is 10.4 Å². The van der Waals surface area contributed by atoms with Crippen molar-refractivity contribution in [2.45, 2.75) is 25.8 Å². The predicted molar refractivity (Wildman–Crippen MR) is 68.9 cm³/mol. The fourth-order valence-corrected chi connectivity index (χ4v) is 3.78. The highest BCUT2D eigenvalue weighted by atomic mass is 32.1. The number of hydrogen-bond donors (Lipinski definition) is 1. The minimum absolute atomic E-state index is 0.935. The molecule has 0 aromatic carbocycles. The molecule has 1 aromatic heterocycles. The van der Waals surface area contributed by atoms with Gasteiger partial charge in [-0.3, -0.25) is 4.90 Å². The Bertz CT molecular complexity index is 341. The van der Waals surface area contributed by atoms with Crippen LogP contribution in [0.2, 0.25) is 0 Å². The smallest absolute Gasteiger partial charge is 0.0330 e. The van der Waals surface area contributed by atoms with Crippen LogP contribution >= 0.6 is 11.3 Å². The van der Waals surface area contributed by atoms with Gasteiger partial charge in [0.15, 0.2) is 0 Å². The molecule has 2 aliphatic heterocycles. The van der Waals surface area contributed by atoms with Gasteiger partial charge in [-0.25, -0.2) is 0 Å². The molecule has 0 amide bonds. The van der Waals surface area contributed by atoms with Gasteiger partial charge >= 0.3 is 0 Å². The molecule has 2 nitrogen and oxygen atoms in total. The lowest BCUT2D eigenvalue weighted by atomic mass is 10.0. The van der Waals surface area contributed by atoms with Gasteiger partial charge in [0.1, 0.15) is 0 Å². The zero-order valence-corrected chi connectivity index (χ0v) is 10.6. The molecule has 88 valence electrons. The van der Waals surface area contributed by atoms with Crippen molar-refractivity contribution in [1.29, 1.82) is 0 Å². The number of rotatable bonds is 3. The van der Waals surface area contributed by atoms with E-state index in [0.717, 1.165) is 5.92 Å². The third kappa shape index (κ3) is 2.31. The summed E-state index contributed by atoms with van der Waals surface area (Å²) in [5.41, 5.74) is 1.60. The fourth-order valence-electron chi connectivity index (χ4n) is 2.81. The fraction of sp³-hybridized carbons (Fsp3) is 0.692. The van der Waals surface area contributed by atoms with E-state index in [9.17, 15) is 0 Å². The van der Waals surface area contributed by atoms with Crippen LogP contribution in [0.5, 0.6) is 0 Å². The Balaban J connectivity index is 1.50. The number of thiophene rings is 1. The van der Waals surface area contributed by atoms with Gasteiger partial charge in [-0.1, -0.05) is 0 Å². The summed E-state index contributed by atoms with van der Waals surface area (Å²) in [6.07, 6.45) is 4.04. The Hall–Kier alpha value is -0.380. The number of fused-ring (bicyclic) bond motifs is 1. The Kier molecular flexibility index (Phi) is 3.27. The first-order chi connectivity index (χ1) is 7.92. The Morgan fingerprint density at radius 3 is 3.38 bits per heavy atom. The summed E-state index contributed by atoms with van der Waals surface area (Å²) in [5, 5.41) is 5.70. The Morgan fingerprint density at radius 1 is 1.50 bits per heavy atom. The first-order valence-electron chi connectivity index (χ1n) is 6.40. The van der Waals surface area contributed by atoms with Gasteiger partial charge in [0.2, 0.25) is 0 Å². The van der Waals surface area contributed by atoms with Crippen molar-refractivity contribution in [3.63, 3.8) is 0 Å². The monoisotopic (exact) mass is 236 g/mol. The zero-order chi connectivity index (χ0) is 10.8. The van der Waals surface area contributed by atoms with Gasteiger partial charge in [0, 0.05) is 18.0 Å². The predicted octanol–water partition coefficient (Wildman–Crippen LogP) is 2.11. The summed E-state index contributed by atoms with van der Waals surface area (Å²) in [6.45, 7) is 6.25. The van der Waals surface area contributed by atoms with Gasteiger partial charge in [-0.2, -0.15) is 0 Å². The maximum Gasteiger partial charge on any atom is 0.0330 e. The normalized spacial score (nSPS) is 25.9. The highest BCUT2D eigenvalue weighted by molar-refractivity contribution is 7.10. The molecule has 2 aliphatic rings. The number of nitrogens with one attached hydrogen (secondary N) is 1. The van der Waals surface area contributed by atoms with Crippen LogP contribution in [0, 0.1) is 5.92 Å². The number of nitrogens with zero attached hydrogens (tertiary/aromatic N) is 1. The molecular weight excluding hydrogens is 216 g/mol. The van der Waals surface area contributed by atoms with Crippen molar-refractivity contribution in [2.75, 3.05) is 26.2 Å². The van der Waals surface area contributed by atoms with Crippen molar-refractivity contribution >= 4 is 11.3 Å². The zero-order valence-electron chi connectivity index (χ0n) is 9.74. The summed E-state index contributed by atoms with van der Waals surface area (Å²) < 4.78 is 0. The van der Waals surface area contributed by atoms with E-state index < -0.39 is 0 Å². The lowest BCUT2D eigenvalue weighted by molar-refractivity contribution is 0.239. The average molecular weight is 236 g/mol. The molecule has 1 atom stereocenters. The van der Waals surface area contributed by atoms with E-state index in [2.05, 4.69) is 21.7 Å². The highest BCUT2D eigenvalue weighted by Gasteiger charge is 2.19. The largest absolute Gasteiger partial charge is 0.316 e. The molecule has 1 N–H and O–H groups in total. The van der Waals surface area contributed by atoms with Gasteiger partial charge < -0.3 is 5.32 Å². The van der Waals surface area contributed by atoms with Crippen LogP contribution in [-0.4, -0.2) is 31.1 Å². The summed E-state index contributed by atoms with van der Waals surface area (Å²) in [6, 6.07) is 2.30. The van der Waals surface area contributed by atoms with E-state index in [1.165, 1.54) is 52.0 Å². The van der Waals surface area contributed by atoms with E-state index in [0.29, 0.717) is 0 Å². The average Bonchev–Trinajstić information content (AvgIpc) is 2.97. The standard InChI is InChI=1S/C13H20N2S/c1-5-14-9-11(1)2-6-15-7-3-12-4-8-16-13(12)10-15/h4,8,11,14H,1-3,5-7,9-10H2. The van der Waals surface area contributed by atoms with Crippen LogP contribution in [0.1, 0.15) is 23.3 Å². The maximum atomic E-state index is 3.46. The molecule has 3 heteroatoms. The van der Waals surface area contributed by atoms with E-state index >= 15 is 0 Å². The molecule has 3 rings (SSSR count). The lowest BCUT2D eigenvalue weighted by Gasteiger charge is -2.27. The number of hydrogen-bond acceptors (Lipinski definition) is 3. The second-order valence-electron chi connectivity index (χ2n) is 5.04. The van der Waals surface area contributed by atoms with E-state index in [1.807, 2.05) is 11.3 Å². The van der Waals surface area contributed by atoms with Crippen LogP contribution in [0.25, 0.3) is 0 Å². The van der Waals surface area contributed by atoms with E-state index in [4.69, 9.17) is 0 Å². The molecule has 1 fully saturated rings. The van der Waals surface area contributed by atoms with Crippen molar-refractivity contribution in [1.82, 2.24) is 10.2 Å². The molecule has 3 heterocycles. The Morgan fingerprint density at radius 2 is 2.50 bits per heavy atom. The van der Waals surface area contributed by atoms with Crippen molar-refractivity contribution in [2.24, 2.45) is 5.92 Å². The van der Waals surface area contributed by atoms with Crippen LogP contribution in [-0.2, 0) is 13.0 Å². The minimum atomic E-state index is 0.935. The van der Waals surface area contributed by atoms with Gasteiger partial charge in [0.25, 0.3) is 0 Å². The molecule has 1 saturated heterocycles. The lowest BCUT2D eigenvalue weighted by Crippen LogP contribution is -2.31. The van der Waals surface area contributed by atoms with Crippen LogP contribution in [0.4, 0.5) is 0 Å². The first kappa shape index (κ1) is 10.8. The second-order valence-corrected chi connectivity index (χ2v) is 6.04. The van der Waals surface area contributed by atoms with Crippen molar-refractivity contribution in [3.05, 3.63) is 21.9 Å². The quantitative estimate of drug-likeness (QED) is 0.864. The molecule has 0 bridgehead atoms. The van der Waals surface area contributed by atoms with Crippen LogP contribution in [0.15, 0.2) is 11.4 Å². The second kappa shape index (κ2) is 4.86. The molecule has 1 unspecified atom stereocenters. The van der Waals surface area contributed by atoms with Crippen LogP contribution in [0.3, 0.4) is 0 Å². The summed E-state index contributed by atoms with van der Waals surface area (Å²) in [4.78, 5) is 4.24. The van der Waals surface area contributed by atoms with Crippen molar-refractivity contribution < 1.29 is 0 Å². The minimum Gasteiger partial charge on any atom is -0.316 e. The summed E-state index contributed by atoms with van der Waals surface area (Å²) in [5.74, 6) is 0.935. The summed E-state index contributed by atoms with van der Waals surface area (Å²) in [7, 11) is 0. The van der Waals surface area contributed by atoms with Crippen LogP contribution < -0.4 is 5.32 Å². The highest BCUT2D eigenvalue weighted by Crippen LogP contribution is 2.24. The topological polar surface area (TPSA) is 15.3 Å². The molecule has 1 aromatic rings. The van der Waals surface area contributed by atoms with Gasteiger partial charge in [-0.15, -0.1) is 11.3 Å². The Labute approximate surface area is 102 Å². The SMILES string of the molecule is c1cc2c(s1)CN(CCC1CCNC1)CC2. The van der Waals surface area contributed by atoms with Crippen molar-refractivity contribution in [3.8, 4) is 0 Å². The van der Waals surface area contributed by atoms with Gasteiger partial charge in [0.05, 0.1) is 0 Å². The summed E-state index contributed by atoms with van der Waals surface area (Å²) >= 11 is 1.93. The first-order valence-corrected chi connectivity index (χ1v) is 7.28. The molecule has 16 heavy (non-hydrogen) atoms. The third-order valence-corrected chi connectivity index (χ3v) is 4.87. The third-order valence-electron chi connectivity index (χ3n) is 3.92. The molecule has 0 saturated carbocycles. The molecule has 0 radical (unpaired) electrons. The molecular formula is C13H20N2S. The molecule has 0 aliphatic carbocycles. The molecule has 0 spiro atoms. The van der Waals surface area contributed by atoms with E-state index in [-0.39, 0.29) is 0 Å². The van der Waals surface area contributed by atoms with Gasteiger partial charge in [-0.05, 0) is 61.8 Å². The maximum absolute atomic E-state index is 3.46.